The fourth-order valence-electron chi connectivity index (χ4n) is 1.58. The van der Waals surface area contributed by atoms with Crippen molar-refractivity contribution in [3.63, 3.8) is 0 Å². The van der Waals surface area contributed by atoms with E-state index in [9.17, 15) is 19.6 Å². The highest BCUT2D eigenvalue weighted by Gasteiger charge is 2.15. The zero-order valence-corrected chi connectivity index (χ0v) is 10.2. The molecular formula is C11H15FN2O4. The van der Waals surface area contributed by atoms with Gasteiger partial charge in [0.05, 0.1) is 29.4 Å². The van der Waals surface area contributed by atoms with Crippen molar-refractivity contribution in [2.45, 2.75) is 6.10 Å². The van der Waals surface area contributed by atoms with Crippen molar-refractivity contribution in [2.75, 3.05) is 32.2 Å². The summed E-state index contributed by atoms with van der Waals surface area (Å²) in [4.78, 5) is 11.3. The van der Waals surface area contributed by atoms with Gasteiger partial charge >= 0.3 is 0 Å². The molecule has 0 bridgehead atoms. The maximum absolute atomic E-state index is 13.6. The Hall–Kier alpha value is -1.73. The molecule has 1 N–H and O–H groups in total. The first kappa shape index (κ1) is 14.3. The van der Waals surface area contributed by atoms with Gasteiger partial charge in [0.25, 0.3) is 5.69 Å². The van der Waals surface area contributed by atoms with Crippen LogP contribution < -0.4 is 4.90 Å². The molecule has 0 aliphatic carbocycles. The number of aliphatic hydroxyl groups is 1. The van der Waals surface area contributed by atoms with E-state index in [4.69, 9.17) is 4.74 Å². The van der Waals surface area contributed by atoms with E-state index in [1.165, 1.54) is 24.1 Å². The van der Waals surface area contributed by atoms with Crippen LogP contribution in [0.3, 0.4) is 0 Å². The number of aliphatic hydroxyl groups excluding tert-OH is 1. The van der Waals surface area contributed by atoms with Crippen LogP contribution in [0.25, 0.3) is 0 Å². The third kappa shape index (κ3) is 3.64. The third-order valence-corrected chi connectivity index (χ3v) is 2.40. The largest absolute Gasteiger partial charge is 0.389 e. The van der Waals surface area contributed by atoms with Gasteiger partial charge in [-0.2, -0.15) is 0 Å². The zero-order chi connectivity index (χ0) is 13.7. The highest BCUT2D eigenvalue weighted by Crippen LogP contribution is 2.23. The van der Waals surface area contributed by atoms with Crippen LogP contribution in [0, 0.1) is 15.9 Å². The number of methoxy groups -OCH3 is 1. The second kappa shape index (κ2) is 6.27. The molecule has 0 aromatic heterocycles. The molecule has 0 spiro atoms. The van der Waals surface area contributed by atoms with Crippen LogP contribution in [0.15, 0.2) is 18.2 Å². The molecule has 1 rings (SSSR count). The lowest BCUT2D eigenvalue weighted by atomic mass is 10.2. The number of nitro groups is 1. The summed E-state index contributed by atoms with van der Waals surface area (Å²) in [6, 6.07) is 3.39. The molecule has 7 heteroatoms. The van der Waals surface area contributed by atoms with Crippen LogP contribution in [0.4, 0.5) is 15.8 Å². The predicted molar refractivity (Wildman–Crippen MR) is 64.2 cm³/mol. The number of hydrogen-bond acceptors (Lipinski definition) is 5. The number of anilines is 1. The normalized spacial score (nSPS) is 12.2. The molecule has 1 atom stereocenters. The summed E-state index contributed by atoms with van der Waals surface area (Å²) in [7, 11) is 3.04. The molecule has 1 aromatic rings. The van der Waals surface area contributed by atoms with E-state index >= 15 is 0 Å². The van der Waals surface area contributed by atoms with Crippen molar-refractivity contribution >= 4 is 11.4 Å². The lowest BCUT2D eigenvalue weighted by molar-refractivity contribution is -0.385. The van der Waals surface area contributed by atoms with Crippen molar-refractivity contribution in [2.24, 2.45) is 0 Å². The first-order valence-electron chi connectivity index (χ1n) is 5.27. The number of ether oxygens (including phenoxy) is 1. The van der Waals surface area contributed by atoms with Gasteiger partial charge in [0.15, 0.2) is 5.82 Å². The Morgan fingerprint density at radius 3 is 2.78 bits per heavy atom. The van der Waals surface area contributed by atoms with E-state index in [1.54, 1.807) is 7.05 Å². The second-order valence-electron chi connectivity index (χ2n) is 3.88. The third-order valence-electron chi connectivity index (χ3n) is 2.40. The van der Waals surface area contributed by atoms with Crippen LogP contribution in [-0.4, -0.2) is 43.4 Å². The summed E-state index contributed by atoms with van der Waals surface area (Å²) >= 11 is 0. The second-order valence-corrected chi connectivity index (χ2v) is 3.88. The molecule has 0 saturated heterocycles. The van der Waals surface area contributed by atoms with Crippen molar-refractivity contribution in [1.82, 2.24) is 0 Å². The van der Waals surface area contributed by atoms with Gasteiger partial charge in [0, 0.05) is 26.8 Å². The van der Waals surface area contributed by atoms with E-state index in [1.807, 2.05) is 0 Å². The Morgan fingerprint density at radius 2 is 2.28 bits per heavy atom. The summed E-state index contributed by atoms with van der Waals surface area (Å²) in [6.07, 6.45) is -0.755. The van der Waals surface area contributed by atoms with Gasteiger partial charge in [-0.15, -0.1) is 0 Å². The van der Waals surface area contributed by atoms with Gasteiger partial charge in [-0.1, -0.05) is 0 Å². The van der Waals surface area contributed by atoms with Gasteiger partial charge in [-0.05, 0) is 6.07 Å². The van der Waals surface area contributed by atoms with Gasteiger partial charge in [0.1, 0.15) is 0 Å². The summed E-state index contributed by atoms with van der Waals surface area (Å²) in [5.41, 5.74) is -0.113. The molecule has 0 aliphatic heterocycles. The van der Waals surface area contributed by atoms with Crippen molar-refractivity contribution in [3.8, 4) is 0 Å². The molecule has 0 fully saturated rings. The Kier molecular flexibility index (Phi) is 4.99. The number of rotatable bonds is 6. The van der Waals surface area contributed by atoms with E-state index in [0.717, 1.165) is 6.07 Å². The molecule has 100 valence electrons. The minimum Gasteiger partial charge on any atom is -0.389 e. The molecule has 0 amide bonds. The first-order chi connectivity index (χ1) is 8.45. The smallest absolute Gasteiger partial charge is 0.272 e. The van der Waals surface area contributed by atoms with Gasteiger partial charge in [-0.25, -0.2) is 4.39 Å². The number of nitro benzene ring substituents is 1. The number of nitrogens with zero attached hydrogens (tertiary/aromatic N) is 2. The SMILES string of the molecule is COCC(O)CN(C)c1ccc([N+](=O)[O-])cc1F. The molecule has 6 nitrogen and oxygen atoms in total. The minimum atomic E-state index is -0.755. The fraction of sp³-hybridized carbons (Fsp3) is 0.455. The maximum atomic E-state index is 13.6. The van der Waals surface area contributed by atoms with E-state index < -0.39 is 16.8 Å². The summed E-state index contributed by atoms with van der Waals surface area (Å²) in [5.74, 6) is -0.698. The monoisotopic (exact) mass is 258 g/mol. The molecule has 0 aliphatic rings. The number of non-ortho nitro benzene ring substituents is 1. The lowest BCUT2D eigenvalue weighted by Gasteiger charge is -2.22. The van der Waals surface area contributed by atoms with Gasteiger partial charge in [0.2, 0.25) is 0 Å². The number of halogens is 1. The summed E-state index contributed by atoms with van der Waals surface area (Å²) < 4.78 is 18.4. The number of benzene rings is 1. The quantitative estimate of drug-likeness (QED) is 0.612. The van der Waals surface area contributed by atoms with Crippen LogP contribution in [-0.2, 0) is 4.74 Å². The topological polar surface area (TPSA) is 75.8 Å². The van der Waals surface area contributed by atoms with Crippen LogP contribution >= 0.6 is 0 Å². The van der Waals surface area contributed by atoms with Crippen LogP contribution in [0.2, 0.25) is 0 Å². The van der Waals surface area contributed by atoms with E-state index in [2.05, 4.69) is 0 Å². The predicted octanol–water partition coefficient (Wildman–Crippen LogP) is 1.18. The maximum Gasteiger partial charge on any atom is 0.272 e. The molecule has 1 unspecified atom stereocenters. The van der Waals surface area contributed by atoms with Crippen LogP contribution in [0.5, 0.6) is 0 Å². The van der Waals surface area contributed by atoms with Gasteiger partial charge < -0.3 is 14.7 Å². The van der Waals surface area contributed by atoms with E-state index in [0.29, 0.717) is 0 Å². The average molecular weight is 258 g/mol. The zero-order valence-electron chi connectivity index (χ0n) is 10.2. The molecule has 18 heavy (non-hydrogen) atoms. The summed E-state index contributed by atoms with van der Waals surface area (Å²) in [6.45, 7) is 0.307. The Balaban J connectivity index is 2.80. The fourth-order valence-corrected chi connectivity index (χ4v) is 1.58. The minimum absolute atomic E-state index is 0.138. The Labute approximate surface area is 104 Å². The van der Waals surface area contributed by atoms with E-state index in [-0.39, 0.29) is 24.5 Å². The summed E-state index contributed by atoms with van der Waals surface area (Å²) in [5, 5.41) is 20.0. The van der Waals surface area contributed by atoms with Crippen molar-refractivity contribution in [1.29, 1.82) is 0 Å². The molecule has 0 radical (unpaired) electrons. The molecule has 0 saturated carbocycles. The molecule has 0 heterocycles. The lowest BCUT2D eigenvalue weighted by Crippen LogP contribution is -2.32. The molecule has 1 aromatic carbocycles. The Morgan fingerprint density at radius 1 is 1.61 bits per heavy atom. The first-order valence-corrected chi connectivity index (χ1v) is 5.27. The van der Waals surface area contributed by atoms with Gasteiger partial charge in [-0.3, -0.25) is 10.1 Å². The van der Waals surface area contributed by atoms with Crippen molar-refractivity contribution < 1.29 is 19.2 Å². The van der Waals surface area contributed by atoms with Crippen molar-refractivity contribution in [3.05, 3.63) is 34.1 Å². The highest BCUT2D eigenvalue weighted by atomic mass is 19.1. The standard InChI is InChI=1S/C11H15FN2O4/c1-13(6-9(15)7-18-2)11-4-3-8(14(16)17)5-10(11)12/h3-5,9,15H,6-7H2,1-2H3. The van der Waals surface area contributed by atoms with Crippen LogP contribution in [0.1, 0.15) is 0 Å². The average Bonchev–Trinajstić information content (AvgIpc) is 2.28. The Bertz CT molecular complexity index is 428. The number of likely N-dealkylation sites (N-methyl/N-ethyl adjacent to an activating group) is 1. The number of hydrogen-bond donors (Lipinski definition) is 1. The molecular weight excluding hydrogens is 243 g/mol. The highest BCUT2D eigenvalue weighted by molar-refractivity contribution is 5.51.